The molecule has 2 amide bonds. The monoisotopic (exact) mass is 583 g/mol. The average Bonchev–Trinajstić information content (AvgIpc) is 3.24. The number of hydrogen-bond donors (Lipinski definition) is 3. The number of aliphatic hydroxyl groups is 3. The van der Waals surface area contributed by atoms with Crippen LogP contribution in [0.2, 0.25) is 0 Å². The Balaban J connectivity index is 2.16. The van der Waals surface area contributed by atoms with Gasteiger partial charge in [-0.05, 0) is 0 Å². The highest BCUT2D eigenvalue weighted by Gasteiger charge is 2.34. The third-order valence-electron chi connectivity index (χ3n) is 5.06. The van der Waals surface area contributed by atoms with Gasteiger partial charge in [-0.15, -0.1) is 5.06 Å². The molecule has 1 heterocycles. The molecule has 0 atom stereocenters. The fraction of sp³-hybridized carbons (Fsp3) is 0.833. The summed E-state index contributed by atoms with van der Waals surface area (Å²) in [5.74, 6) is -3.24. The Bertz CT molecular complexity index is 693. The van der Waals surface area contributed by atoms with Crippen LogP contribution in [0.3, 0.4) is 0 Å². The van der Waals surface area contributed by atoms with Gasteiger partial charge in [0.2, 0.25) is 0 Å². The first-order valence-electron chi connectivity index (χ1n) is 12.9. The predicted octanol–water partition coefficient (Wildman–Crippen LogP) is -2.41. The normalized spacial score (nSPS) is 13.7. The molecule has 0 spiro atoms. The van der Waals surface area contributed by atoms with Crippen molar-refractivity contribution in [1.29, 1.82) is 0 Å². The Morgan fingerprint density at radius 3 is 1.45 bits per heavy atom. The van der Waals surface area contributed by atoms with Gasteiger partial charge in [0.25, 0.3) is 11.8 Å². The standard InChI is InChI=1S/C24H41NO15/c26-3-6-35-16-24(17-36-7-4-27,18-37-8-5-28)19-38-12-11-33-9-10-34-13-14-39-22(31)15-23(32)40-25-20(29)1-2-21(25)30/h26-28H,1-19H2. The van der Waals surface area contributed by atoms with E-state index in [1.54, 1.807) is 0 Å². The Kier molecular flexibility index (Phi) is 20.0. The minimum absolute atomic E-state index is 0.0456. The zero-order chi connectivity index (χ0) is 29.5. The molecule has 0 radical (unpaired) electrons. The number of hydroxylamine groups is 2. The van der Waals surface area contributed by atoms with Crippen molar-refractivity contribution in [2.24, 2.45) is 5.41 Å². The van der Waals surface area contributed by atoms with Gasteiger partial charge in [-0.25, -0.2) is 4.79 Å². The molecule has 1 fully saturated rings. The molecular weight excluding hydrogens is 542 g/mol. The third kappa shape index (κ3) is 16.1. The van der Waals surface area contributed by atoms with Crippen molar-refractivity contribution in [3.8, 4) is 0 Å². The fourth-order valence-electron chi connectivity index (χ4n) is 3.21. The van der Waals surface area contributed by atoms with Crippen LogP contribution < -0.4 is 0 Å². The zero-order valence-corrected chi connectivity index (χ0v) is 22.6. The van der Waals surface area contributed by atoms with E-state index in [0.29, 0.717) is 5.06 Å². The number of carbonyl (C=O) groups is 4. The highest BCUT2D eigenvalue weighted by atomic mass is 16.7. The lowest BCUT2D eigenvalue weighted by Gasteiger charge is -2.32. The van der Waals surface area contributed by atoms with Gasteiger partial charge in [0.05, 0.1) is 105 Å². The Morgan fingerprint density at radius 1 is 0.600 bits per heavy atom. The summed E-state index contributed by atoms with van der Waals surface area (Å²) in [4.78, 5) is 50.7. The summed E-state index contributed by atoms with van der Waals surface area (Å²) in [5, 5.41) is 27.4. The second-order valence-corrected chi connectivity index (χ2v) is 8.55. The average molecular weight is 584 g/mol. The van der Waals surface area contributed by atoms with Gasteiger partial charge in [0, 0.05) is 12.8 Å². The molecule has 0 saturated carbocycles. The summed E-state index contributed by atoms with van der Waals surface area (Å²) in [5.41, 5.74) is -0.722. The van der Waals surface area contributed by atoms with E-state index < -0.39 is 35.6 Å². The molecule has 0 aromatic rings. The SMILES string of the molecule is O=C(CC(=O)ON1C(=O)CCC1=O)OCCOCCOCCOCC(COCCO)(COCCO)COCCO. The van der Waals surface area contributed by atoms with Gasteiger partial charge in [0.15, 0.2) is 0 Å². The molecule has 16 nitrogen and oxygen atoms in total. The van der Waals surface area contributed by atoms with Crippen LogP contribution in [0.15, 0.2) is 0 Å². The molecule has 0 aromatic heterocycles. The van der Waals surface area contributed by atoms with Crippen molar-refractivity contribution in [3.63, 3.8) is 0 Å². The maximum atomic E-state index is 11.7. The summed E-state index contributed by atoms with van der Waals surface area (Å²) in [7, 11) is 0. The van der Waals surface area contributed by atoms with Gasteiger partial charge in [-0.2, -0.15) is 0 Å². The number of esters is 1. The maximum absolute atomic E-state index is 11.7. The minimum atomic E-state index is -1.07. The van der Waals surface area contributed by atoms with Crippen molar-refractivity contribution in [1.82, 2.24) is 5.06 Å². The number of imide groups is 1. The number of amides is 2. The molecule has 1 rings (SSSR count). The Hall–Kier alpha value is -2.28. The first-order valence-corrected chi connectivity index (χ1v) is 12.9. The van der Waals surface area contributed by atoms with E-state index >= 15 is 0 Å². The molecule has 0 aliphatic carbocycles. The molecular formula is C24H41NO15. The van der Waals surface area contributed by atoms with Crippen LogP contribution in [0, 0.1) is 5.41 Å². The van der Waals surface area contributed by atoms with Crippen molar-refractivity contribution >= 4 is 23.8 Å². The van der Waals surface area contributed by atoms with Crippen LogP contribution >= 0.6 is 0 Å². The number of nitrogens with zero attached hydrogens (tertiary/aromatic N) is 1. The molecule has 1 aliphatic heterocycles. The van der Waals surface area contributed by atoms with Crippen LogP contribution in [-0.4, -0.2) is 150 Å². The fourth-order valence-corrected chi connectivity index (χ4v) is 3.21. The van der Waals surface area contributed by atoms with E-state index in [4.69, 9.17) is 48.5 Å². The second-order valence-electron chi connectivity index (χ2n) is 8.55. The first kappa shape index (κ1) is 35.7. The molecule has 0 bridgehead atoms. The van der Waals surface area contributed by atoms with Gasteiger partial charge in [0.1, 0.15) is 13.0 Å². The van der Waals surface area contributed by atoms with Crippen LogP contribution in [0.5, 0.6) is 0 Å². The topological polar surface area (TPSA) is 206 Å². The van der Waals surface area contributed by atoms with Gasteiger partial charge >= 0.3 is 11.9 Å². The van der Waals surface area contributed by atoms with E-state index in [0.717, 1.165) is 0 Å². The first-order chi connectivity index (χ1) is 19.4. The zero-order valence-electron chi connectivity index (χ0n) is 22.6. The van der Waals surface area contributed by atoms with Crippen molar-refractivity contribution in [2.45, 2.75) is 19.3 Å². The lowest BCUT2D eigenvalue weighted by atomic mass is 9.92. The number of carbonyl (C=O) groups excluding carboxylic acids is 4. The molecule has 232 valence electrons. The van der Waals surface area contributed by atoms with Crippen molar-refractivity contribution in [2.75, 3.05) is 106 Å². The lowest BCUT2D eigenvalue weighted by Crippen LogP contribution is -2.42. The molecule has 3 N–H and O–H groups in total. The highest BCUT2D eigenvalue weighted by Crippen LogP contribution is 2.21. The molecule has 0 aromatic carbocycles. The number of ether oxygens (including phenoxy) is 7. The second kappa shape index (κ2) is 22.4. The molecule has 1 aliphatic rings. The van der Waals surface area contributed by atoms with E-state index in [9.17, 15) is 19.2 Å². The Morgan fingerprint density at radius 2 is 1.00 bits per heavy atom. The summed E-state index contributed by atoms with van der Waals surface area (Å²) in [6, 6.07) is 0. The van der Waals surface area contributed by atoms with E-state index in [-0.39, 0.29) is 119 Å². The highest BCUT2D eigenvalue weighted by molar-refractivity contribution is 6.02. The summed E-state index contributed by atoms with van der Waals surface area (Å²) >= 11 is 0. The molecule has 16 heteroatoms. The largest absolute Gasteiger partial charge is 0.463 e. The van der Waals surface area contributed by atoms with Gasteiger partial charge in [-0.1, -0.05) is 0 Å². The van der Waals surface area contributed by atoms with Crippen LogP contribution in [0.4, 0.5) is 0 Å². The maximum Gasteiger partial charge on any atom is 0.344 e. The quantitative estimate of drug-likeness (QED) is 0.0420. The van der Waals surface area contributed by atoms with Crippen molar-refractivity contribution < 1.29 is 72.5 Å². The predicted molar refractivity (Wildman–Crippen MR) is 131 cm³/mol. The summed E-state index contributed by atoms with van der Waals surface area (Å²) in [6.45, 7) is 1.50. The van der Waals surface area contributed by atoms with E-state index in [1.165, 1.54) is 0 Å². The number of aliphatic hydroxyl groups excluding tert-OH is 3. The van der Waals surface area contributed by atoms with Crippen LogP contribution in [0.1, 0.15) is 19.3 Å². The van der Waals surface area contributed by atoms with Gasteiger partial charge < -0.3 is 53.3 Å². The minimum Gasteiger partial charge on any atom is -0.463 e. The van der Waals surface area contributed by atoms with Crippen molar-refractivity contribution in [3.05, 3.63) is 0 Å². The van der Waals surface area contributed by atoms with Crippen LogP contribution in [-0.2, 0) is 57.2 Å². The van der Waals surface area contributed by atoms with E-state index in [2.05, 4.69) is 4.84 Å². The Labute approximate surface area is 232 Å². The molecule has 0 unspecified atom stereocenters. The molecule has 40 heavy (non-hydrogen) atoms. The summed E-state index contributed by atoms with van der Waals surface area (Å²) in [6.07, 6.45) is -0.845. The van der Waals surface area contributed by atoms with Gasteiger partial charge in [-0.3, -0.25) is 14.4 Å². The third-order valence-corrected chi connectivity index (χ3v) is 5.06. The lowest BCUT2D eigenvalue weighted by molar-refractivity contribution is -0.198. The molecule has 1 saturated heterocycles. The number of rotatable bonds is 26. The summed E-state index contributed by atoms with van der Waals surface area (Å²) < 4.78 is 37.7. The van der Waals surface area contributed by atoms with Crippen LogP contribution in [0.25, 0.3) is 0 Å². The van der Waals surface area contributed by atoms with E-state index in [1.807, 2.05) is 0 Å². The smallest absolute Gasteiger partial charge is 0.344 e. The number of hydrogen-bond acceptors (Lipinski definition) is 15.